The first kappa shape index (κ1) is 15.3. The van der Waals surface area contributed by atoms with Gasteiger partial charge in [0, 0.05) is 16.1 Å². The zero-order valence-electron chi connectivity index (χ0n) is 12.1. The molecular formula is C17H18BrCl2NO. The molecule has 1 aromatic rings. The number of hydrogen-bond acceptors (Lipinski definition) is 1. The molecule has 1 aromatic carbocycles. The predicted molar refractivity (Wildman–Crippen MR) is 93.1 cm³/mol. The quantitative estimate of drug-likeness (QED) is 0.673. The van der Waals surface area contributed by atoms with Gasteiger partial charge in [0.05, 0.1) is 0 Å². The van der Waals surface area contributed by atoms with Crippen LogP contribution in [0.25, 0.3) is 0 Å². The molecule has 3 aliphatic carbocycles. The molecular weight excluding hydrogens is 385 g/mol. The monoisotopic (exact) mass is 401 g/mol. The highest BCUT2D eigenvalue weighted by Crippen LogP contribution is 2.67. The van der Waals surface area contributed by atoms with Gasteiger partial charge in [0.1, 0.15) is 4.33 Å². The van der Waals surface area contributed by atoms with Crippen LogP contribution in [0.5, 0.6) is 0 Å². The van der Waals surface area contributed by atoms with Crippen LogP contribution in [0.2, 0.25) is 0 Å². The summed E-state index contributed by atoms with van der Waals surface area (Å²) >= 11 is 16.0. The minimum Gasteiger partial charge on any atom is -0.326 e. The van der Waals surface area contributed by atoms with Gasteiger partial charge >= 0.3 is 0 Å². The number of amides is 1. The van der Waals surface area contributed by atoms with Crippen molar-refractivity contribution in [2.24, 2.45) is 29.6 Å². The maximum Gasteiger partial charge on any atom is 0.228 e. The van der Waals surface area contributed by atoms with Crippen molar-refractivity contribution in [3.63, 3.8) is 0 Å². The third-order valence-electron chi connectivity index (χ3n) is 5.73. The fourth-order valence-corrected chi connectivity index (χ4v) is 5.55. The van der Waals surface area contributed by atoms with Crippen molar-refractivity contribution >= 4 is 50.7 Å². The van der Waals surface area contributed by atoms with E-state index in [9.17, 15) is 4.79 Å². The van der Waals surface area contributed by atoms with Gasteiger partial charge in [-0.2, -0.15) is 0 Å². The van der Waals surface area contributed by atoms with Crippen LogP contribution in [0, 0.1) is 29.6 Å². The molecule has 0 saturated heterocycles. The van der Waals surface area contributed by atoms with Crippen LogP contribution in [-0.4, -0.2) is 10.2 Å². The average Bonchev–Trinajstić information content (AvgIpc) is 3.26. The lowest BCUT2D eigenvalue weighted by atomic mass is 10.0. The molecule has 3 aliphatic rings. The van der Waals surface area contributed by atoms with E-state index in [1.54, 1.807) is 0 Å². The highest BCUT2D eigenvalue weighted by atomic mass is 79.9. The Kier molecular flexibility index (Phi) is 3.75. The summed E-state index contributed by atoms with van der Waals surface area (Å²) in [7, 11) is 0. The Morgan fingerprint density at radius 2 is 1.59 bits per heavy atom. The summed E-state index contributed by atoms with van der Waals surface area (Å²) in [6, 6.07) is 7.74. The van der Waals surface area contributed by atoms with Crippen LogP contribution < -0.4 is 5.32 Å². The number of halogens is 3. The Morgan fingerprint density at radius 1 is 1.05 bits per heavy atom. The van der Waals surface area contributed by atoms with Gasteiger partial charge in [0.2, 0.25) is 5.91 Å². The summed E-state index contributed by atoms with van der Waals surface area (Å²) in [6.07, 6.45) is 4.32. The third-order valence-corrected chi connectivity index (χ3v) is 7.38. The molecule has 22 heavy (non-hydrogen) atoms. The first-order valence-electron chi connectivity index (χ1n) is 7.92. The van der Waals surface area contributed by atoms with Crippen molar-refractivity contribution in [3.05, 3.63) is 28.7 Å². The van der Waals surface area contributed by atoms with Gasteiger partial charge < -0.3 is 5.32 Å². The molecule has 118 valence electrons. The van der Waals surface area contributed by atoms with Gasteiger partial charge in [-0.25, -0.2) is 0 Å². The van der Waals surface area contributed by atoms with Gasteiger partial charge in [0.15, 0.2) is 0 Å². The second-order valence-electron chi connectivity index (χ2n) is 6.89. The fraction of sp³-hybridized carbons (Fsp3) is 0.588. The second kappa shape index (κ2) is 5.39. The minimum absolute atomic E-state index is 0.177. The normalized spacial score (nSPS) is 38.0. The number of anilines is 1. The number of carbonyl (C=O) groups is 1. The molecule has 1 N–H and O–H groups in total. The molecule has 0 heterocycles. The van der Waals surface area contributed by atoms with Crippen molar-refractivity contribution in [2.45, 2.75) is 30.0 Å². The minimum atomic E-state index is -0.480. The maximum atomic E-state index is 12.5. The highest BCUT2D eigenvalue weighted by Gasteiger charge is 2.65. The van der Waals surface area contributed by atoms with Crippen LogP contribution in [-0.2, 0) is 4.79 Å². The molecule has 0 aliphatic heterocycles. The Bertz CT molecular complexity index is 581. The number of alkyl halides is 2. The molecule has 0 aromatic heterocycles. The molecule has 3 saturated carbocycles. The first-order chi connectivity index (χ1) is 10.5. The number of hydrogen-bond donors (Lipinski definition) is 1. The van der Waals surface area contributed by atoms with E-state index >= 15 is 0 Å². The molecule has 2 nitrogen and oxygen atoms in total. The lowest BCUT2D eigenvalue weighted by molar-refractivity contribution is -0.117. The molecule has 4 rings (SSSR count). The van der Waals surface area contributed by atoms with Crippen LogP contribution >= 0.6 is 39.1 Å². The van der Waals surface area contributed by atoms with E-state index in [0.717, 1.165) is 35.8 Å². The van der Waals surface area contributed by atoms with Gasteiger partial charge in [-0.1, -0.05) is 15.9 Å². The number of rotatable bonds is 2. The van der Waals surface area contributed by atoms with Crippen molar-refractivity contribution in [2.75, 3.05) is 5.32 Å². The molecule has 0 radical (unpaired) electrons. The smallest absolute Gasteiger partial charge is 0.228 e. The van der Waals surface area contributed by atoms with Gasteiger partial charge in [-0.15, -0.1) is 23.2 Å². The molecule has 0 spiro atoms. The third kappa shape index (κ3) is 2.59. The summed E-state index contributed by atoms with van der Waals surface area (Å²) in [5.74, 6) is 2.32. The Hall–Kier alpha value is -0.250. The van der Waals surface area contributed by atoms with E-state index in [0.29, 0.717) is 23.7 Å². The van der Waals surface area contributed by atoms with E-state index in [2.05, 4.69) is 21.2 Å². The van der Waals surface area contributed by atoms with E-state index in [1.807, 2.05) is 24.3 Å². The molecule has 1 amide bonds. The lowest BCUT2D eigenvalue weighted by Gasteiger charge is -2.05. The zero-order valence-corrected chi connectivity index (χ0v) is 15.2. The summed E-state index contributed by atoms with van der Waals surface area (Å²) in [5.41, 5.74) is 0.871. The standard InChI is InChI=1S/C17H18BrCl2NO/c18-9-1-3-10(4-2-9)21-16(22)15-11-5-7-13-14(17(13,19)20)8-6-12(11)15/h1-4,11-15H,5-8H2,(H,21,22)/t11-,12+,13-,14-,15?/m1/s1. The number of nitrogens with one attached hydrogen (secondary N) is 1. The fourth-order valence-electron chi connectivity index (χ4n) is 4.37. The highest BCUT2D eigenvalue weighted by molar-refractivity contribution is 9.10. The number of fused-ring (bicyclic) bond motifs is 2. The summed E-state index contributed by atoms with van der Waals surface area (Å²) in [6.45, 7) is 0. The maximum absolute atomic E-state index is 12.5. The SMILES string of the molecule is O=C(Nc1ccc(Br)cc1)C1[C@H]2CC[C@@H]3[C@@H](CC[C@@H]12)C3(Cl)Cl. The van der Waals surface area contributed by atoms with E-state index in [1.165, 1.54) is 0 Å². The van der Waals surface area contributed by atoms with Crippen LogP contribution in [0.1, 0.15) is 25.7 Å². The largest absolute Gasteiger partial charge is 0.326 e. The molecule has 0 bridgehead atoms. The van der Waals surface area contributed by atoms with Gasteiger partial charge in [0.25, 0.3) is 0 Å². The predicted octanol–water partition coefficient (Wildman–Crippen LogP) is 5.24. The van der Waals surface area contributed by atoms with Crippen molar-refractivity contribution in [1.29, 1.82) is 0 Å². The average molecular weight is 403 g/mol. The Labute approximate surface area is 149 Å². The van der Waals surface area contributed by atoms with Crippen molar-refractivity contribution < 1.29 is 4.79 Å². The number of benzene rings is 1. The Morgan fingerprint density at radius 3 is 2.14 bits per heavy atom. The van der Waals surface area contributed by atoms with E-state index < -0.39 is 4.33 Å². The van der Waals surface area contributed by atoms with Gasteiger partial charge in [-0.05, 0) is 73.6 Å². The summed E-state index contributed by atoms with van der Waals surface area (Å²) < 4.78 is 0.537. The van der Waals surface area contributed by atoms with E-state index in [-0.39, 0.29) is 11.8 Å². The lowest BCUT2D eigenvalue weighted by Crippen LogP contribution is -2.15. The summed E-state index contributed by atoms with van der Waals surface area (Å²) in [4.78, 5) is 12.5. The van der Waals surface area contributed by atoms with Crippen molar-refractivity contribution in [1.82, 2.24) is 0 Å². The second-order valence-corrected chi connectivity index (χ2v) is 9.25. The van der Waals surface area contributed by atoms with Crippen molar-refractivity contribution in [3.8, 4) is 0 Å². The molecule has 1 unspecified atom stereocenters. The molecule has 3 fully saturated rings. The van der Waals surface area contributed by atoms with Crippen LogP contribution in [0.3, 0.4) is 0 Å². The first-order valence-corrected chi connectivity index (χ1v) is 9.47. The van der Waals surface area contributed by atoms with Crippen LogP contribution in [0.4, 0.5) is 5.69 Å². The van der Waals surface area contributed by atoms with Crippen LogP contribution in [0.15, 0.2) is 28.7 Å². The zero-order chi connectivity index (χ0) is 15.5. The van der Waals surface area contributed by atoms with E-state index in [4.69, 9.17) is 23.2 Å². The summed E-state index contributed by atoms with van der Waals surface area (Å²) in [5, 5.41) is 3.06. The number of carbonyl (C=O) groups excluding carboxylic acids is 1. The Balaban J connectivity index is 1.37. The van der Waals surface area contributed by atoms with Gasteiger partial charge in [-0.3, -0.25) is 4.79 Å². The molecule has 5 atom stereocenters. The topological polar surface area (TPSA) is 29.1 Å². The molecule has 5 heteroatoms.